The molecule has 1 amide bonds. The molecular weight excluding hydrogens is 462 g/mol. The predicted octanol–water partition coefficient (Wildman–Crippen LogP) is 2.42. The number of H-pyrrole nitrogens is 1. The predicted molar refractivity (Wildman–Crippen MR) is 131 cm³/mol. The molecule has 3 aromatic rings. The van der Waals surface area contributed by atoms with Gasteiger partial charge in [0.25, 0.3) is 21.5 Å². The van der Waals surface area contributed by atoms with Gasteiger partial charge < -0.3 is 4.90 Å². The fourth-order valence-corrected chi connectivity index (χ4v) is 5.21. The molecule has 1 saturated heterocycles. The van der Waals surface area contributed by atoms with Crippen LogP contribution in [0.1, 0.15) is 37.6 Å². The molecule has 11 heteroatoms. The standard InChI is InChI=1S/C22H25N5O4S.H2S/c1-15-13-22(2,3)26(14-15)20-17(9-10-18(23-20)27-12-11-19(28)24-27)21(29)25-32(30,31)16-7-5-4-6-8-16;/h4-12,15H,13-14H2,1-3H3,(H,24,28)(H,25,29);1H2/t15-;/m0./s1. The fourth-order valence-electron chi connectivity index (χ4n) is 4.22. The summed E-state index contributed by atoms with van der Waals surface area (Å²) in [5.41, 5.74) is -0.424. The number of aromatic nitrogens is 3. The normalized spacial score (nSPS) is 17.4. The average molecular weight is 490 g/mol. The number of hydrogen-bond acceptors (Lipinski definition) is 6. The van der Waals surface area contributed by atoms with Gasteiger partial charge in [0.05, 0.1) is 10.5 Å². The van der Waals surface area contributed by atoms with Crippen LogP contribution in [0.5, 0.6) is 0 Å². The van der Waals surface area contributed by atoms with Crippen LogP contribution < -0.4 is 15.2 Å². The van der Waals surface area contributed by atoms with Crippen LogP contribution in [0, 0.1) is 5.92 Å². The Morgan fingerprint density at radius 2 is 1.85 bits per heavy atom. The summed E-state index contributed by atoms with van der Waals surface area (Å²) in [6.07, 6.45) is 2.44. The quantitative estimate of drug-likeness (QED) is 0.568. The maximum atomic E-state index is 13.1. The maximum Gasteiger partial charge on any atom is 0.268 e. The number of pyridine rings is 1. The molecule has 0 radical (unpaired) electrons. The van der Waals surface area contributed by atoms with Gasteiger partial charge in [0.2, 0.25) is 0 Å². The Kier molecular flexibility index (Phi) is 6.75. The van der Waals surface area contributed by atoms with Crippen molar-refractivity contribution in [2.75, 3.05) is 11.4 Å². The minimum atomic E-state index is -4.04. The van der Waals surface area contributed by atoms with Gasteiger partial charge in [-0.2, -0.15) is 13.5 Å². The fraction of sp³-hybridized carbons (Fsp3) is 0.318. The molecule has 2 N–H and O–H groups in total. The minimum Gasteiger partial charge on any atom is -0.350 e. The van der Waals surface area contributed by atoms with Crippen molar-refractivity contribution in [2.45, 2.75) is 37.6 Å². The second kappa shape index (κ2) is 9.06. The second-order valence-corrected chi connectivity index (χ2v) is 10.4. The first-order chi connectivity index (χ1) is 15.1. The van der Waals surface area contributed by atoms with E-state index in [1.54, 1.807) is 30.5 Å². The van der Waals surface area contributed by atoms with E-state index < -0.39 is 15.9 Å². The van der Waals surface area contributed by atoms with Crippen LogP contribution in [0.4, 0.5) is 5.82 Å². The first-order valence-corrected chi connectivity index (χ1v) is 11.7. The topological polar surface area (TPSA) is 117 Å². The Hall–Kier alpha value is -3.05. The third kappa shape index (κ3) is 4.98. The van der Waals surface area contributed by atoms with Crippen LogP contribution in [0.15, 0.2) is 64.4 Å². The van der Waals surface area contributed by atoms with E-state index in [2.05, 4.69) is 35.6 Å². The molecule has 33 heavy (non-hydrogen) atoms. The van der Waals surface area contributed by atoms with Gasteiger partial charge in [-0.15, -0.1) is 0 Å². The van der Waals surface area contributed by atoms with E-state index in [0.29, 0.717) is 24.1 Å². The molecule has 0 saturated carbocycles. The van der Waals surface area contributed by atoms with Crippen molar-refractivity contribution < 1.29 is 13.2 Å². The first kappa shape index (κ1) is 24.6. The lowest BCUT2D eigenvalue weighted by Crippen LogP contribution is -2.41. The van der Waals surface area contributed by atoms with E-state index in [1.807, 2.05) is 4.90 Å². The van der Waals surface area contributed by atoms with Crippen molar-refractivity contribution in [3.05, 3.63) is 70.6 Å². The molecule has 1 aromatic carbocycles. The lowest BCUT2D eigenvalue weighted by molar-refractivity contribution is 0.0981. The average Bonchev–Trinajstić information content (AvgIpc) is 3.29. The lowest BCUT2D eigenvalue weighted by atomic mass is 9.97. The summed E-state index contributed by atoms with van der Waals surface area (Å²) < 4.78 is 29.0. The van der Waals surface area contributed by atoms with E-state index in [4.69, 9.17) is 0 Å². The van der Waals surface area contributed by atoms with Crippen molar-refractivity contribution in [2.24, 2.45) is 5.92 Å². The SMILES string of the molecule is C[C@@H]1CN(c2nc(-n3ccc(=O)[nH]3)ccc2C(=O)NS(=O)(=O)c2ccccc2)C(C)(C)C1.S. The molecule has 1 fully saturated rings. The molecule has 2 aromatic heterocycles. The lowest BCUT2D eigenvalue weighted by Gasteiger charge is -2.34. The Morgan fingerprint density at radius 1 is 1.15 bits per heavy atom. The minimum absolute atomic E-state index is 0. The zero-order valence-electron chi connectivity index (χ0n) is 18.6. The monoisotopic (exact) mass is 489 g/mol. The third-order valence-corrected chi connectivity index (χ3v) is 6.91. The Labute approximate surface area is 199 Å². The summed E-state index contributed by atoms with van der Waals surface area (Å²) in [5.74, 6) is 0.386. The molecule has 0 unspecified atom stereocenters. The van der Waals surface area contributed by atoms with Gasteiger partial charge in [-0.25, -0.2) is 22.8 Å². The largest absolute Gasteiger partial charge is 0.350 e. The number of benzene rings is 1. The van der Waals surface area contributed by atoms with Gasteiger partial charge in [-0.1, -0.05) is 25.1 Å². The van der Waals surface area contributed by atoms with Gasteiger partial charge in [-0.05, 0) is 50.5 Å². The maximum absolute atomic E-state index is 13.1. The molecule has 1 aliphatic rings. The van der Waals surface area contributed by atoms with Crippen LogP contribution in [0.25, 0.3) is 5.82 Å². The summed E-state index contributed by atoms with van der Waals surface area (Å²) in [7, 11) is -4.04. The number of rotatable bonds is 5. The number of hydrogen-bond donors (Lipinski definition) is 2. The van der Waals surface area contributed by atoms with Crippen LogP contribution >= 0.6 is 13.5 Å². The number of carbonyl (C=O) groups is 1. The summed E-state index contributed by atoms with van der Waals surface area (Å²) in [6, 6.07) is 12.2. The highest BCUT2D eigenvalue weighted by molar-refractivity contribution is 7.90. The number of amides is 1. The molecule has 0 aliphatic carbocycles. The van der Waals surface area contributed by atoms with Crippen LogP contribution in [-0.2, 0) is 10.0 Å². The van der Waals surface area contributed by atoms with Gasteiger partial charge >= 0.3 is 0 Å². The summed E-state index contributed by atoms with van der Waals surface area (Å²) in [6.45, 7) is 6.90. The van der Waals surface area contributed by atoms with Gasteiger partial charge in [0, 0.05) is 24.3 Å². The Morgan fingerprint density at radius 3 is 2.42 bits per heavy atom. The van der Waals surface area contributed by atoms with Crippen molar-refractivity contribution in [3.63, 3.8) is 0 Å². The number of carbonyl (C=O) groups excluding carboxylic acids is 1. The molecule has 1 atom stereocenters. The highest BCUT2D eigenvalue weighted by Crippen LogP contribution is 2.37. The highest BCUT2D eigenvalue weighted by atomic mass is 32.2. The van der Waals surface area contributed by atoms with Crippen molar-refractivity contribution >= 4 is 35.2 Å². The number of nitrogens with zero attached hydrogens (tertiary/aromatic N) is 3. The van der Waals surface area contributed by atoms with E-state index in [9.17, 15) is 18.0 Å². The molecule has 1 aliphatic heterocycles. The van der Waals surface area contributed by atoms with Crippen molar-refractivity contribution in [3.8, 4) is 5.82 Å². The van der Waals surface area contributed by atoms with Crippen LogP contribution in [0.3, 0.4) is 0 Å². The van der Waals surface area contributed by atoms with Gasteiger partial charge in [0.15, 0.2) is 5.82 Å². The number of anilines is 1. The molecular formula is C22H27N5O4S2. The van der Waals surface area contributed by atoms with Crippen molar-refractivity contribution in [1.82, 2.24) is 19.5 Å². The zero-order valence-corrected chi connectivity index (χ0v) is 20.4. The summed E-state index contributed by atoms with van der Waals surface area (Å²) in [5, 5.41) is 2.63. The van der Waals surface area contributed by atoms with Crippen molar-refractivity contribution in [1.29, 1.82) is 0 Å². The van der Waals surface area contributed by atoms with E-state index in [1.165, 1.54) is 28.9 Å². The zero-order chi connectivity index (χ0) is 23.1. The van der Waals surface area contributed by atoms with E-state index in [-0.39, 0.29) is 35.1 Å². The van der Waals surface area contributed by atoms with E-state index in [0.717, 1.165) is 6.42 Å². The first-order valence-electron chi connectivity index (χ1n) is 10.3. The smallest absolute Gasteiger partial charge is 0.268 e. The number of nitrogens with one attached hydrogen (secondary N) is 2. The van der Waals surface area contributed by atoms with Crippen LogP contribution in [-0.4, -0.2) is 41.2 Å². The molecule has 3 heterocycles. The third-order valence-electron chi connectivity index (χ3n) is 5.57. The van der Waals surface area contributed by atoms with Crippen LogP contribution in [0.2, 0.25) is 0 Å². The highest BCUT2D eigenvalue weighted by Gasteiger charge is 2.39. The van der Waals surface area contributed by atoms with Gasteiger partial charge in [-0.3, -0.25) is 14.7 Å². The number of sulfonamides is 1. The Balaban J connectivity index is 0.00000306. The summed E-state index contributed by atoms with van der Waals surface area (Å²) in [4.78, 5) is 31.4. The molecule has 0 spiro atoms. The van der Waals surface area contributed by atoms with Gasteiger partial charge in [0.1, 0.15) is 5.82 Å². The second-order valence-electron chi connectivity index (χ2n) is 8.68. The molecule has 176 valence electrons. The molecule has 0 bridgehead atoms. The Bertz CT molecular complexity index is 1320. The van der Waals surface area contributed by atoms with E-state index >= 15 is 0 Å². The number of aromatic amines is 1. The molecule has 4 rings (SSSR count). The summed E-state index contributed by atoms with van der Waals surface area (Å²) >= 11 is 0. The molecule has 9 nitrogen and oxygen atoms in total.